The van der Waals surface area contributed by atoms with E-state index in [4.69, 9.17) is 25.5 Å². The molecule has 1 amide bonds. The van der Waals surface area contributed by atoms with Gasteiger partial charge in [0.2, 0.25) is 5.89 Å². The Morgan fingerprint density at radius 1 is 1.07 bits per heavy atom. The van der Waals surface area contributed by atoms with E-state index in [1.807, 2.05) is 12.1 Å². The molecule has 0 saturated carbocycles. The molecule has 0 aliphatic carbocycles. The van der Waals surface area contributed by atoms with Crippen molar-refractivity contribution in [3.05, 3.63) is 71.8 Å². The van der Waals surface area contributed by atoms with Crippen molar-refractivity contribution in [2.24, 2.45) is 0 Å². The Morgan fingerprint density at radius 3 is 2.72 bits per heavy atom. The lowest BCUT2D eigenvalue weighted by Crippen LogP contribution is -2.20. The molecule has 6 nitrogen and oxygen atoms in total. The fraction of sp³-hybridized carbons (Fsp3) is 0.0909. The number of anilines is 1. The zero-order chi connectivity index (χ0) is 20.2. The number of rotatable bonds is 6. The second kappa shape index (κ2) is 8.24. The minimum Gasteiger partial charge on any atom is -0.497 e. The molecule has 3 aromatic carbocycles. The number of methoxy groups -OCH3 is 1. The summed E-state index contributed by atoms with van der Waals surface area (Å²) in [5, 5.41) is 3.39. The van der Waals surface area contributed by atoms with E-state index < -0.39 is 0 Å². The summed E-state index contributed by atoms with van der Waals surface area (Å²) in [5.41, 5.74) is 2.62. The summed E-state index contributed by atoms with van der Waals surface area (Å²) >= 11 is 6.03. The lowest BCUT2D eigenvalue weighted by molar-refractivity contribution is -0.118. The van der Waals surface area contributed by atoms with E-state index in [2.05, 4.69) is 10.3 Å². The molecule has 4 aromatic rings. The van der Waals surface area contributed by atoms with Crippen LogP contribution in [0.2, 0.25) is 5.02 Å². The van der Waals surface area contributed by atoms with E-state index in [1.54, 1.807) is 61.7 Å². The first kappa shape index (κ1) is 18.8. The Morgan fingerprint density at radius 2 is 1.90 bits per heavy atom. The van der Waals surface area contributed by atoms with E-state index in [1.165, 1.54) is 0 Å². The maximum Gasteiger partial charge on any atom is 0.262 e. The smallest absolute Gasteiger partial charge is 0.262 e. The second-order valence-corrected chi connectivity index (χ2v) is 6.66. The Labute approximate surface area is 172 Å². The van der Waals surface area contributed by atoms with Crippen molar-refractivity contribution in [2.75, 3.05) is 19.0 Å². The summed E-state index contributed by atoms with van der Waals surface area (Å²) in [6, 6.07) is 19.6. The van der Waals surface area contributed by atoms with Crippen LogP contribution in [0.25, 0.3) is 22.6 Å². The molecule has 0 unspecified atom stereocenters. The normalized spacial score (nSPS) is 10.7. The maximum atomic E-state index is 12.2. The van der Waals surface area contributed by atoms with Crippen LogP contribution in [0.5, 0.6) is 11.5 Å². The molecule has 1 heterocycles. The number of oxazole rings is 1. The lowest BCUT2D eigenvalue weighted by atomic mass is 10.2. The Bertz CT molecular complexity index is 1170. The fourth-order valence-corrected chi connectivity index (χ4v) is 2.97. The summed E-state index contributed by atoms with van der Waals surface area (Å²) in [4.78, 5) is 16.7. The predicted molar refractivity (Wildman–Crippen MR) is 112 cm³/mol. The average molecular weight is 409 g/mol. The molecule has 0 aliphatic heterocycles. The van der Waals surface area contributed by atoms with Crippen molar-refractivity contribution in [3.63, 3.8) is 0 Å². The molecule has 0 atom stereocenters. The predicted octanol–water partition coefficient (Wildman–Crippen LogP) is 5.17. The molecule has 0 spiro atoms. The van der Waals surface area contributed by atoms with Gasteiger partial charge in [0.15, 0.2) is 12.2 Å². The summed E-state index contributed by atoms with van der Waals surface area (Å²) < 4.78 is 16.5. The van der Waals surface area contributed by atoms with Gasteiger partial charge in [-0.3, -0.25) is 4.79 Å². The highest BCUT2D eigenvalue weighted by atomic mass is 35.5. The first-order valence-corrected chi connectivity index (χ1v) is 9.22. The third-order valence-corrected chi connectivity index (χ3v) is 4.39. The highest BCUT2D eigenvalue weighted by molar-refractivity contribution is 6.30. The third-order valence-electron chi connectivity index (χ3n) is 4.15. The molecule has 1 aromatic heterocycles. The number of carbonyl (C=O) groups excluding carboxylic acids is 1. The van der Waals surface area contributed by atoms with Crippen molar-refractivity contribution in [3.8, 4) is 23.0 Å². The number of fused-ring (bicyclic) bond motifs is 1. The van der Waals surface area contributed by atoms with Crippen LogP contribution in [0, 0.1) is 0 Å². The van der Waals surface area contributed by atoms with E-state index in [9.17, 15) is 4.79 Å². The van der Waals surface area contributed by atoms with Crippen LogP contribution in [0.4, 0.5) is 5.69 Å². The Hall–Kier alpha value is -3.51. The number of ether oxygens (including phenoxy) is 2. The van der Waals surface area contributed by atoms with Gasteiger partial charge in [-0.1, -0.05) is 23.7 Å². The zero-order valence-corrected chi connectivity index (χ0v) is 16.3. The quantitative estimate of drug-likeness (QED) is 0.476. The fourth-order valence-electron chi connectivity index (χ4n) is 2.78. The van der Waals surface area contributed by atoms with E-state index in [0.29, 0.717) is 39.2 Å². The highest BCUT2D eigenvalue weighted by Gasteiger charge is 2.11. The van der Waals surface area contributed by atoms with Crippen molar-refractivity contribution < 1.29 is 18.7 Å². The molecule has 1 N–H and O–H groups in total. The monoisotopic (exact) mass is 408 g/mol. The summed E-state index contributed by atoms with van der Waals surface area (Å²) in [6.07, 6.45) is 0. The molecule has 0 radical (unpaired) electrons. The number of nitrogens with one attached hydrogen (secondary N) is 1. The lowest BCUT2D eigenvalue weighted by Gasteiger charge is -2.08. The topological polar surface area (TPSA) is 73.6 Å². The minimum absolute atomic E-state index is 0.130. The minimum atomic E-state index is -0.290. The highest BCUT2D eigenvalue weighted by Crippen LogP contribution is 2.27. The standard InChI is InChI=1S/C22H17ClN2O4/c1-27-17-6-3-7-18(12-17)28-13-21(26)24-16-8-9-19-20(11-16)29-22(25-19)14-4-2-5-15(23)10-14/h2-12H,13H2,1H3,(H,24,26). The summed E-state index contributed by atoms with van der Waals surface area (Å²) in [7, 11) is 1.57. The van der Waals surface area contributed by atoms with Crippen LogP contribution in [0.15, 0.2) is 71.1 Å². The number of benzene rings is 3. The molecule has 146 valence electrons. The molecule has 4 rings (SSSR count). The van der Waals surface area contributed by atoms with Crippen LogP contribution >= 0.6 is 11.6 Å². The molecule has 0 fully saturated rings. The van der Waals surface area contributed by atoms with Crippen molar-refractivity contribution >= 4 is 34.3 Å². The third kappa shape index (κ3) is 4.50. The van der Waals surface area contributed by atoms with E-state index in [-0.39, 0.29) is 12.5 Å². The largest absolute Gasteiger partial charge is 0.497 e. The second-order valence-electron chi connectivity index (χ2n) is 6.23. The van der Waals surface area contributed by atoms with Crippen molar-refractivity contribution in [1.82, 2.24) is 4.98 Å². The van der Waals surface area contributed by atoms with Gasteiger partial charge in [0.25, 0.3) is 5.91 Å². The first-order valence-electron chi connectivity index (χ1n) is 8.84. The van der Waals surface area contributed by atoms with Gasteiger partial charge in [-0.2, -0.15) is 0 Å². The summed E-state index contributed by atoms with van der Waals surface area (Å²) in [6.45, 7) is -0.130. The van der Waals surface area contributed by atoms with Crippen LogP contribution in [0.1, 0.15) is 0 Å². The SMILES string of the molecule is COc1cccc(OCC(=O)Nc2ccc3nc(-c4cccc(Cl)c4)oc3c2)c1. The van der Waals surface area contributed by atoms with E-state index in [0.717, 1.165) is 5.56 Å². The van der Waals surface area contributed by atoms with Crippen LogP contribution in [0.3, 0.4) is 0 Å². The molecule has 29 heavy (non-hydrogen) atoms. The molecule has 0 bridgehead atoms. The van der Waals surface area contributed by atoms with Crippen LogP contribution in [-0.4, -0.2) is 24.6 Å². The van der Waals surface area contributed by atoms with Crippen LogP contribution in [-0.2, 0) is 4.79 Å². The van der Waals surface area contributed by atoms with Gasteiger partial charge in [0, 0.05) is 28.4 Å². The molecular formula is C22H17ClN2O4. The number of amides is 1. The number of aromatic nitrogens is 1. The van der Waals surface area contributed by atoms with Gasteiger partial charge in [0.05, 0.1) is 7.11 Å². The van der Waals surface area contributed by atoms with Crippen molar-refractivity contribution in [1.29, 1.82) is 0 Å². The molecule has 0 saturated heterocycles. The first-order chi connectivity index (χ1) is 14.1. The summed E-state index contributed by atoms with van der Waals surface area (Å²) in [5.74, 6) is 1.39. The Balaban J connectivity index is 1.44. The maximum absolute atomic E-state index is 12.2. The van der Waals surface area contributed by atoms with Gasteiger partial charge in [-0.15, -0.1) is 0 Å². The number of carbonyl (C=O) groups is 1. The number of halogens is 1. The number of hydrogen-bond acceptors (Lipinski definition) is 5. The van der Waals surface area contributed by atoms with E-state index >= 15 is 0 Å². The van der Waals surface area contributed by atoms with Gasteiger partial charge in [-0.25, -0.2) is 4.98 Å². The number of hydrogen-bond donors (Lipinski definition) is 1. The van der Waals surface area contributed by atoms with Crippen molar-refractivity contribution in [2.45, 2.75) is 0 Å². The zero-order valence-electron chi connectivity index (χ0n) is 15.5. The number of nitrogens with zero attached hydrogens (tertiary/aromatic N) is 1. The van der Waals surface area contributed by atoms with Gasteiger partial charge in [-0.05, 0) is 42.5 Å². The van der Waals surface area contributed by atoms with Crippen LogP contribution < -0.4 is 14.8 Å². The van der Waals surface area contributed by atoms with Gasteiger partial charge < -0.3 is 19.2 Å². The molecule has 0 aliphatic rings. The molecule has 7 heteroatoms. The van der Waals surface area contributed by atoms with Gasteiger partial charge in [0.1, 0.15) is 17.0 Å². The molecular weight excluding hydrogens is 392 g/mol. The Kier molecular flexibility index (Phi) is 5.35. The average Bonchev–Trinajstić information content (AvgIpc) is 3.16. The van der Waals surface area contributed by atoms with Gasteiger partial charge >= 0.3 is 0 Å².